The molecule has 26 heavy (non-hydrogen) atoms. The summed E-state index contributed by atoms with van der Waals surface area (Å²) in [7, 11) is 0. The van der Waals surface area contributed by atoms with Gasteiger partial charge in [-0.1, -0.05) is 18.2 Å². The van der Waals surface area contributed by atoms with E-state index in [1.165, 1.54) is 13.8 Å². The van der Waals surface area contributed by atoms with Gasteiger partial charge in [0.1, 0.15) is 0 Å². The van der Waals surface area contributed by atoms with Crippen molar-refractivity contribution in [3.63, 3.8) is 0 Å². The van der Waals surface area contributed by atoms with Crippen molar-refractivity contribution >= 4 is 35.1 Å². The molecule has 5 nitrogen and oxygen atoms in total. The van der Waals surface area contributed by atoms with Crippen molar-refractivity contribution in [3.05, 3.63) is 60.2 Å². The molecule has 6 heteroatoms. The highest BCUT2D eigenvalue weighted by molar-refractivity contribution is 7.99. The highest BCUT2D eigenvalue weighted by atomic mass is 32.2. The van der Waals surface area contributed by atoms with Gasteiger partial charge in [-0.15, -0.1) is 11.8 Å². The van der Waals surface area contributed by atoms with Gasteiger partial charge in [0.05, 0.1) is 6.42 Å². The minimum Gasteiger partial charge on any atom is -0.453 e. The Hall–Kier alpha value is -2.60. The number of hydrogen-bond acceptors (Lipinski definition) is 5. The smallest absolute Gasteiger partial charge is 0.307 e. The van der Waals surface area contributed by atoms with E-state index in [1.54, 1.807) is 36.0 Å². The van der Waals surface area contributed by atoms with Gasteiger partial charge < -0.3 is 10.1 Å². The van der Waals surface area contributed by atoms with E-state index < -0.39 is 18.0 Å². The topological polar surface area (TPSA) is 72.5 Å². The first-order chi connectivity index (χ1) is 12.5. The van der Waals surface area contributed by atoms with Gasteiger partial charge in [0.2, 0.25) is 0 Å². The number of nitrogens with one attached hydrogen (secondary N) is 1. The Bertz CT molecular complexity index is 759. The number of rotatable bonds is 8. The second-order valence-corrected chi connectivity index (χ2v) is 6.83. The average molecular weight is 371 g/mol. The van der Waals surface area contributed by atoms with Crippen molar-refractivity contribution in [3.8, 4) is 0 Å². The highest BCUT2D eigenvalue weighted by Gasteiger charge is 2.18. The Morgan fingerprint density at radius 1 is 1.04 bits per heavy atom. The van der Waals surface area contributed by atoms with Crippen LogP contribution >= 0.6 is 11.8 Å². The van der Waals surface area contributed by atoms with E-state index in [9.17, 15) is 14.4 Å². The Balaban J connectivity index is 1.75. The van der Waals surface area contributed by atoms with Crippen molar-refractivity contribution in [2.75, 3.05) is 11.1 Å². The molecule has 1 atom stereocenters. The maximum atomic E-state index is 12.1. The van der Waals surface area contributed by atoms with Gasteiger partial charge >= 0.3 is 5.97 Å². The molecule has 0 radical (unpaired) electrons. The standard InChI is InChI=1S/C20H21NO4S/c1-14(22)16-8-10-17(11-9-16)21-20(24)15(2)25-19(23)12-13-26-18-6-4-3-5-7-18/h3-11,15H,12-13H2,1-2H3,(H,21,24)/t15-/m0/s1. The lowest BCUT2D eigenvalue weighted by Crippen LogP contribution is -2.30. The summed E-state index contributed by atoms with van der Waals surface area (Å²) in [5.74, 6) is -0.282. The summed E-state index contributed by atoms with van der Waals surface area (Å²) < 4.78 is 5.17. The van der Waals surface area contributed by atoms with Crippen LogP contribution in [0.4, 0.5) is 5.69 Å². The first-order valence-electron chi connectivity index (χ1n) is 8.25. The molecule has 0 saturated heterocycles. The maximum Gasteiger partial charge on any atom is 0.307 e. The molecule has 0 unspecified atom stereocenters. The van der Waals surface area contributed by atoms with Gasteiger partial charge in [-0.2, -0.15) is 0 Å². The number of ether oxygens (including phenoxy) is 1. The number of ketones is 1. The van der Waals surface area contributed by atoms with E-state index in [0.29, 0.717) is 17.0 Å². The molecular formula is C20H21NO4S. The molecule has 0 aromatic heterocycles. The molecule has 0 aliphatic heterocycles. The number of thioether (sulfide) groups is 1. The number of amides is 1. The predicted molar refractivity (Wildman–Crippen MR) is 102 cm³/mol. The third kappa shape index (κ3) is 6.37. The molecule has 0 saturated carbocycles. The normalized spacial score (nSPS) is 11.5. The lowest BCUT2D eigenvalue weighted by molar-refractivity contribution is -0.152. The molecule has 136 valence electrons. The van der Waals surface area contributed by atoms with E-state index in [4.69, 9.17) is 4.74 Å². The monoisotopic (exact) mass is 371 g/mol. The minimum atomic E-state index is -0.892. The lowest BCUT2D eigenvalue weighted by Gasteiger charge is -2.13. The molecule has 0 fully saturated rings. The van der Waals surface area contributed by atoms with Crippen LogP contribution in [0.5, 0.6) is 0 Å². The molecule has 0 aliphatic carbocycles. The van der Waals surface area contributed by atoms with E-state index >= 15 is 0 Å². The summed E-state index contributed by atoms with van der Waals surface area (Å²) in [6.45, 7) is 3.01. The molecular weight excluding hydrogens is 350 g/mol. The third-order valence-corrected chi connectivity index (χ3v) is 4.57. The number of esters is 1. The number of hydrogen-bond donors (Lipinski definition) is 1. The van der Waals surface area contributed by atoms with E-state index in [0.717, 1.165) is 4.90 Å². The lowest BCUT2D eigenvalue weighted by atomic mass is 10.1. The largest absolute Gasteiger partial charge is 0.453 e. The van der Waals surface area contributed by atoms with Crippen LogP contribution in [0.1, 0.15) is 30.6 Å². The van der Waals surface area contributed by atoms with Crippen LogP contribution in [0.25, 0.3) is 0 Å². The first kappa shape index (κ1) is 19.7. The molecule has 0 aliphatic rings. The fourth-order valence-corrected chi connectivity index (χ4v) is 2.96. The molecule has 0 bridgehead atoms. The zero-order valence-electron chi connectivity index (χ0n) is 14.7. The number of benzene rings is 2. The van der Waals surface area contributed by atoms with Gasteiger partial charge in [0, 0.05) is 21.9 Å². The SMILES string of the molecule is CC(=O)c1ccc(NC(=O)[C@H](C)OC(=O)CCSc2ccccc2)cc1. The molecule has 2 aromatic rings. The van der Waals surface area contributed by atoms with Crippen LogP contribution < -0.4 is 5.32 Å². The quantitative estimate of drug-likeness (QED) is 0.432. The van der Waals surface area contributed by atoms with Crippen molar-refractivity contribution in [2.24, 2.45) is 0 Å². The van der Waals surface area contributed by atoms with Gasteiger partial charge in [0.25, 0.3) is 5.91 Å². The first-order valence-corrected chi connectivity index (χ1v) is 9.23. The van der Waals surface area contributed by atoms with Gasteiger partial charge in [-0.25, -0.2) is 0 Å². The minimum absolute atomic E-state index is 0.0430. The van der Waals surface area contributed by atoms with Crippen LogP contribution in [0.3, 0.4) is 0 Å². The van der Waals surface area contributed by atoms with E-state index in [2.05, 4.69) is 5.32 Å². The Morgan fingerprint density at radius 3 is 2.31 bits per heavy atom. The number of Topliss-reactive ketones (excluding diaryl/α,β-unsaturated/α-hetero) is 1. The summed E-state index contributed by atoms with van der Waals surface area (Å²) in [5, 5.41) is 2.66. The number of carbonyl (C=O) groups is 3. The van der Waals surface area contributed by atoms with E-state index in [1.807, 2.05) is 30.3 Å². The predicted octanol–water partition coefficient (Wildman–Crippen LogP) is 3.94. The second kappa shape index (κ2) is 9.77. The van der Waals surface area contributed by atoms with Crippen molar-refractivity contribution < 1.29 is 19.1 Å². The van der Waals surface area contributed by atoms with Gasteiger partial charge in [-0.05, 0) is 50.2 Å². The summed E-state index contributed by atoms with van der Waals surface area (Å²) in [4.78, 5) is 36.3. The Morgan fingerprint density at radius 2 is 1.69 bits per heavy atom. The molecule has 2 rings (SSSR count). The van der Waals surface area contributed by atoms with Crippen LogP contribution in [0.15, 0.2) is 59.5 Å². The number of anilines is 1. The van der Waals surface area contributed by atoms with Crippen molar-refractivity contribution in [2.45, 2.75) is 31.3 Å². The zero-order valence-corrected chi connectivity index (χ0v) is 15.5. The molecule has 0 heterocycles. The summed E-state index contributed by atoms with van der Waals surface area (Å²) in [6, 6.07) is 16.3. The van der Waals surface area contributed by atoms with Gasteiger partial charge in [-0.3, -0.25) is 14.4 Å². The fourth-order valence-electron chi connectivity index (χ4n) is 2.11. The Labute approximate surface area is 157 Å². The summed E-state index contributed by atoms with van der Waals surface area (Å²) in [6.07, 6.45) is -0.665. The average Bonchev–Trinajstić information content (AvgIpc) is 2.63. The van der Waals surface area contributed by atoms with Crippen LogP contribution in [-0.4, -0.2) is 29.5 Å². The van der Waals surface area contributed by atoms with Gasteiger partial charge in [0.15, 0.2) is 11.9 Å². The van der Waals surface area contributed by atoms with Crippen molar-refractivity contribution in [1.82, 2.24) is 0 Å². The summed E-state index contributed by atoms with van der Waals surface area (Å²) >= 11 is 1.56. The third-order valence-electron chi connectivity index (χ3n) is 3.55. The molecule has 1 amide bonds. The molecule has 0 spiro atoms. The second-order valence-electron chi connectivity index (χ2n) is 5.67. The number of carbonyl (C=O) groups excluding carboxylic acids is 3. The molecule has 1 N–H and O–H groups in total. The maximum absolute atomic E-state index is 12.1. The molecule has 2 aromatic carbocycles. The summed E-state index contributed by atoms with van der Waals surface area (Å²) in [5.41, 5.74) is 1.11. The van der Waals surface area contributed by atoms with Crippen molar-refractivity contribution in [1.29, 1.82) is 0 Å². The van der Waals surface area contributed by atoms with Crippen LogP contribution in [-0.2, 0) is 14.3 Å². The zero-order chi connectivity index (χ0) is 18.9. The van der Waals surface area contributed by atoms with Crippen LogP contribution in [0, 0.1) is 0 Å². The fraction of sp³-hybridized carbons (Fsp3) is 0.250. The highest BCUT2D eigenvalue weighted by Crippen LogP contribution is 2.18. The van der Waals surface area contributed by atoms with E-state index in [-0.39, 0.29) is 12.2 Å². The Kier molecular flexibility index (Phi) is 7.41. The van der Waals surface area contributed by atoms with Crippen LogP contribution in [0.2, 0.25) is 0 Å².